The SMILES string of the molecule is Cc1ccc(C#N)c(N2CCN(C)[C@@]3(CCC(=O)N(CC(=O)O)CC3)C2)n1. The number of pyridine rings is 1. The Hall–Kier alpha value is -2.66. The number of likely N-dealkylation sites (tertiary alicyclic amines) is 1. The standard InChI is InChI=1S/C19H25N5O3/c1-14-3-4-15(11-20)18(21-14)24-10-9-22(2)19(13-24)6-5-16(25)23(8-7-19)12-17(26)27/h3-4H,5-10,12-13H2,1-2H3,(H,26,27)/t19-/m1/s1. The second kappa shape index (κ2) is 7.53. The number of aliphatic carboxylic acids is 1. The van der Waals surface area contributed by atoms with E-state index in [4.69, 9.17) is 5.11 Å². The summed E-state index contributed by atoms with van der Waals surface area (Å²) in [5.74, 6) is -0.394. The lowest BCUT2D eigenvalue weighted by molar-refractivity contribution is -0.144. The van der Waals surface area contributed by atoms with Crippen LogP contribution < -0.4 is 4.90 Å². The number of anilines is 1. The van der Waals surface area contributed by atoms with Gasteiger partial charge >= 0.3 is 5.97 Å². The molecular weight excluding hydrogens is 346 g/mol. The van der Waals surface area contributed by atoms with Gasteiger partial charge in [-0.25, -0.2) is 4.98 Å². The summed E-state index contributed by atoms with van der Waals surface area (Å²) in [5.41, 5.74) is 1.18. The number of hydrogen-bond acceptors (Lipinski definition) is 6. The van der Waals surface area contributed by atoms with Crippen LogP contribution in [0.5, 0.6) is 0 Å². The summed E-state index contributed by atoms with van der Waals surface area (Å²) >= 11 is 0. The summed E-state index contributed by atoms with van der Waals surface area (Å²) in [6, 6.07) is 5.86. The monoisotopic (exact) mass is 371 g/mol. The molecule has 0 aliphatic carbocycles. The van der Waals surface area contributed by atoms with Gasteiger partial charge in [0.15, 0.2) is 0 Å². The van der Waals surface area contributed by atoms with Gasteiger partial charge in [0.25, 0.3) is 0 Å². The number of carboxylic acids is 1. The summed E-state index contributed by atoms with van der Waals surface area (Å²) in [6.45, 7) is 4.31. The first-order valence-electron chi connectivity index (χ1n) is 9.18. The first-order valence-corrected chi connectivity index (χ1v) is 9.18. The molecule has 0 radical (unpaired) electrons. The van der Waals surface area contributed by atoms with E-state index in [9.17, 15) is 14.9 Å². The predicted octanol–water partition coefficient (Wildman–Crippen LogP) is 0.849. The highest BCUT2D eigenvalue weighted by atomic mass is 16.4. The highest BCUT2D eigenvalue weighted by Crippen LogP contribution is 2.34. The maximum absolute atomic E-state index is 12.4. The second-order valence-corrected chi connectivity index (χ2v) is 7.46. The minimum atomic E-state index is -0.986. The van der Waals surface area contributed by atoms with Gasteiger partial charge in [0.2, 0.25) is 5.91 Å². The van der Waals surface area contributed by atoms with Crippen LogP contribution >= 0.6 is 0 Å². The van der Waals surface area contributed by atoms with E-state index in [1.54, 1.807) is 6.07 Å². The first-order chi connectivity index (χ1) is 12.8. The molecule has 144 valence electrons. The maximum atomic E-state index is 12.4. The summed E-state index contributed by atoms with van der Waals surface area (Å²) in [4.78, 5) is 33.9. The zero-order chi connectivity index (χ0) is 19.6. The van der Waals surface area contributed by atoms with Crippen molar-refractivity contribution in [2.45, 2.75) is 31.7 Å². The minimum Gasteiger partial charge on any atom is -0.480 e. The fourth-order valence-electron chi connectivity index (χ4n) is 4.08. The van der Waals surface area contributed by atoms with Crippen LogP contribution in [0.1, 0.15) is 30.5 Å². The number of amides is 1. The Bertz CT molecular complexity index is 790. The Morgan fingerprint density at radius 3 is 2.81 bits per heavy atom. The maximum Gasteiger partial charge on any atom is 0.323 e. The lowest BCUT2D eigenvalue weighted by Crippen LogP contribution is -2.61. The van der Waals surface area contributed by atoms with E-state index in [1.807, 2.05) is 13.0 Å². The summed E-state index contributed by atoms with van der Waals surface area (Å²) in [5, 5.41) is 18.5. The van der Waals surface area contributed by atoms with Crippen molar-refractivity contribution in [3.05, 3.63) is 23.4 Å². The molecule has 0 bridgehead atoms. The van der Waals surface area contributed by atoms with E-state index < -0.39 is 5.97 Å². The van der Waals surface area contributed by atoms with Crippen LogP contribution in [0, 0.1) is 18.3 Å². The third-order valence-corrected chi connectivity index (χ3v) is 5.76. The van der Waals surface area contributed by atoms with Crippen molar-refractivity contribution in [3.8, 4) is 6.07 Å². The lowest BCUT2D eigenvalue weighted by atomic mass is 9.86. The molecule has 1 aromatic rings. The van der Waals surface area contributed by atoms with Crippen LogP contribution in [0.15, 0.2) is 12.1 Å². The molecule has 1 N–H and O–H groups in total. The van der Waals surface area contributed by atoms with Crippen molar-refractivity contribution in [2.24, 2.45) is 0 Å². The average molecular weight is 371 g/mol. The van der Waals surface area contributed by atoms with Crippen molar-refractivity contribution in [1.29, 1.82) is 5.26 Å². The molecule has 8 heteroatoms. The van der Waals surface area contributed by atoms with Gasteiger partial charge in [-0.05, 0) is 38.9 Å². The van der Waals surface area contributed by atoms with Crippen LogP contribution in [0.4, 0.5) is 5.82 Å². The molecule has 1 atom stereocenters. The zero-order valence-electron chi connectivity index (χ0n) is 15.8. The molecule has 2 aliphatic heterocycles. The van der Waals surface area contributed by atoms with Crippen molar-refractivity contribution in [3.63, 3.8) is 0 Å². The number of carbonyl (C=O) groups excluding carboxylic acids is 1. The third kappa shape index (κ3) is 3.88. The third-order valence-electron chi connectivity index (χ3n) is 5.76. The molecule has 2 fully saturated rings. The average Bonchev–Trinajstić information content (AvgIpc) is 2.78. The van der Waals surface area contributed by atoms with Gasteiger partial charge in [-0.2, -0.15) is 5.26 Å². The molecule has 0 saturated carbocycles. The Labute approximate surface area is 159 Å². The van der Waals surface area contributed by atoms with Crippen LogP contribution in [-0.4, -0.2) is 77.1 Å². The highest BCUT2D eigenvalue weighted by Gasteiger charge is 2.43. The van der Waals surface area contributed by atoms with Gasteiger partial charge in [0, 0.05) is 43.8 Å². The zero-order valence-corrected chi connectivity index (χ0v) is 15.8. The van der Waals surface area contributed by atoms with Crippen molar-refractivity contribution in [1.82, 2.24) is 14.8 Å². The number of likely N-dealkylation sites (N-methyl/N-ethyl adjacent to an activating group) is 1. The molecule has 1 amide bonds. The van der Waals surface area contributed by atoms with Crippen molar-refractivity contribution in [2.75, 3.05) is 44.7 Å². The molecule has 3 heterocycles. The Kier molecular flexibility index (Phi) is 5.33. The second-order valence-electron chi connectivity index (χ2n) is 7.46. The molecular formula is C19H25N5O3. The fourth-order valence-corrected chi connectivity index (χ4v) is 4.08. The van der Waals surface area contributed by atoms with Crippen LogP contribution in [0.2, 0.25) is 0 Å². The summed E-state index contributed by atoms with van der Waals surface area (Å²) in [7, 11) is 2.06. The predicted molar refractivity (Wildman–Crippen MR) is 99.3 cm³/mol. The van der Waals surface area contributed by atoms with E-state index in [1.165, 1.54) is 4.90 Å². The molecule has 27 heavy (non-hydrogen) atoms. The lowest BCUT2D eigenvalue weighted by Gasteiger charge is -2.49. The Morgan fingerprint density at radius 1 is 1.33 bits per heavy atom. The Morgan fingerprint density at radius 2 is 2.11 bits per heavy atom. The largest absolute Gasteiger partial charge is 0.480 e. The number of nitrogens with zero attached hydrogens (tertiary/aromatic N) is 5. The molecule has 3 rings (SSSR count). The van der Waals surface area contributed by atoms with E-state index in [-0.39, 0.29) is 18.0 Å². The van der Waals surface area contributed by atoms with E-state index in [0.717, 1.165) is 18.8 Å². The van der Waals surface area contributed by atoms with Crippen LogP contribution in [0.3, 0.4) is 0 Å². The fraction of sp³-hybridized carbons (Fsp3) is 0.579. The van der Waals surface area contributed by atoms with Crippen molar-refractivity contribution >= 4 is 17.7 Å². The number of hydrogen-bond donors (Lipinski definition) is 1. The molecule has 0 unspecified atom stereocenters. The molecule has 2 aliphatic rings. The smallest absolute Gasteiger partial charge is 0.323 e. The number of aromatic nitrogens is 1. The highest BCUT2D eigenvalue weighted by molar-refractivity contribution is 5.81. The number of nitriles is 1. The topological polar surface area (TPSA) is 101 Å². The van der Waals surface area contributed by atoms with Crippen molar-refractivity contribution < 1.29 is 14.7 Å². The van der Waals surface area contributed by atoms with Gasteiger partial charge in [-0.15, -0.1) is 0 Å². The van der Waals surface area contributed by atoms with Gasteiger partial charge in [-0.1, -0.05) is 0 Å². The molecule has 8 nitrogen and oxygen atoms in total. The van der Waals surface area contributed by atoms with E-state index in [2.05, 4.69) is 27.9 Å². The first kappa shape index (κ1) is 19.1. The van der Waals surface area contributed by atoms with Gasteiger partial charge < -0.3 is 14.9 Å². The summed E-state index contributed by atoms with van der Waals surface area (Å²) in [6.07, 6.45) is 1.70. The molecule has 1 spiro atoms. The Balaban J connectivity index is 1.85. The summed E-state index contributed by atoms with van der Waals surface area (Å²) < 4.78 is 0. The normalized spacial score (nSPS) is 24.0. The van der Waals surface area contributed by atoms with Crippen LogP contribution in [0.25, 0.3) is 0 Å². The molecule has 2 saturated heterocycles. The number of carbonyl (C=O) groups is 2. The van der Waals surface area contributed by atoms with E-state index >= 15 is 0 Å². The number of piperazine rings is 1. The quantitative estimate of drug-likeness (QED) is 0.840. The number of aryl methyl sites for hydroxylation is 1. The number of carboxylic acid groups (broad SMARTS) is 1. The molecule has 0 aromatic carbocycles. The number of rotatable bonds is 3. The van der Waals surface area contributed by atoms with Gasteiger partial charge in [-0.3, -0.25) is 14.5 Å². The van der Waals surface area contributed by atoms with Gasteiger partial charge in [0.1, 0.15) is 18.4 Å². The minimum absolute atomic E-state index is 0.105. The molecule has 1 aromatic heterocycles. The van der Waals surface area contributed by atoms with E-state index in [0.29, 0.717) is 43.7 Å². The van der Waals surface area contributed by atoms with Gasteiger partial charge in [0.05, 0.1) is 5.56 Å². The van der Waals surface area contributed by atoms with Crippen LogP contribution in [-0.2, 0) is 9.59 Å².